The Labute approximate surface area is 87.4 Å². The van der Waals surface area contributed by atoms with E-state index >= 15 is 0 Å². The van der Waals surface area contributed by atoms with Gasteiger partial charge in [-0.05, 0) is 7.05 Å². The molecule has 0 aromatic heterocycles. The molecule has 0 N–H and O–H groups in total. The van der Waals surface area contributed by atoms with Crippen molar-refractivity contribution in [2.45, 2.75) is 32.0 Å². The molecule has 1 radical (unpaired) electrons. The zero-order valence-electron chi connectivity index (χ0n) is 9.76. The van der Waals surface area contributed by atoms with Crippen LogP contribution >= 0.6 is 0 Å². The van der Waals surface area contributed by atoms with Crippen LogP contribution in [0.15, 0.2) is 0 Å². The van der Waals surface area contributed by atoms with Gasteiger partial charge in [0.15, 0.2) is 0 Å². The third-order valence-electron chi connectivity index (χ3n) is 2.93. The standard InChI is InChI=1S/C10H18NO2.CH3.Lr/c1-9-3-8-12-10(13-9)4-6-11(2)7-5-10;;/h3-8H2,1-2H3;1H3;/q2*-1;. The summed E-state index contributed by atoms with van der Waals surface area (Å²) in [5.41, 5.74) is 0. The predicted octanol–water partition coefficient (Wildman–Crippen LogP) is 1.85. The van der Waals surface area contributed by atoms with Crippen LogP contribution in [0.4, 0.5) is 0 Å². The van der Waals surface area contributed by atoms with Crippen molar-refractivity contribution in [1.82, 2.24) is 4.90 Å². The van der Waals surface area contributed by atoms with Crippen LogP contribution in [0.5, 0.6) is 0 Å². The van der Waals surface area contributed by atoms with Crippen LogP contribution in [0, 0.1) is 13.5 Å². The Morgan fingerprint density at radius 2 is 1.87 bits per heavy atom. The normalized spacial score (nSPS) is 26.8. The van der Waals surface area contributed by atoms with Gasteiger partial charge in [0.25, 0.3) is 0 Å². The smallest absolute Gasteiger partial charge is 0.141 e. The predicted molar refractivity (Wildman–Crippen MR) is 56.4 cm³/mol. The van der Waals surface area contributed by atoms with Crippen LogP contribution in [0.25, 0.3) is 0 Å². The minimum Gasteiger partial charge on any atom is -0.524 e. The Bertz CT molecular complexity index is 181. The van der Waals surface area contributed by atoms with Gasteiger partial charge >= 0.3 is 0 Å². The van der Waals surface area contributed by atoms with Crippen LogP contribution in [0.3, 0.4) is 0 Å². The summed E-state index contributed by atoms with van der Waals surface area (Å²) in [5, 5.41) is 0. The maximum absolute atomic E-state index is 5.83. The van der Waals surface area contributed by atoms with Gasteiger partial charge in [-0.1, -0.05) is 0 Å². The number of rotatable bonds is 0. The van der Waals surface area contributed by atoms with Crippen LogP contribution in [0.1, 0.15) is 26.2 Å². The molecule has 3 nitrogen and oxygen atoms in total. The Kier molecular flexibility index (Phi) is 4.72. The SMILES string of the molecule is C[C-]1CCOC2(CCN(C)CC2)O1.[CH3-].[Lr]. The van der Waals surface area contributed by atoms with E-state index in [2.05, 4.69) is 18.9 Å². The minimum atomic E-state index is -0.269. The van der Waals surface area contributed by atoms with Crippen LogP contribution < -0.4 is 0 Å². The van der Waals surface area contributed by atoms with E-state index in [1.54, 1.807) is 0 Å². The van der Waals surface area contributed by atoms with Gasteiger partial charge < -0.3 is 21.8 Å². The summed E-state index contributed by atoms with van der Waals surface area (Å²) in [7, 11) is 2.15. The summed E-state index contributed by atoms with van der Waals surface area (Å²) in [6.45, 7) is 5.04. The first-order valence-corrected chi connectivity index (χ1v) is 5.04. The summed E-state index contributed by atoms with van der Waals surface area (Å²) < 4.78 is 11.6. The van der Waals surface area contributed by atoms with Crippen molar-refractivity contribution < 1.29 is 9.47 Å². The van der Waals surface area contributed by atoms with E-state index < -0.39 is 0 Å². The van der Waals surface area contributed by atoms with E-state index in [1.807, 2.05) is 0 Å². The molecule has 2 heterocycles. The molecule has 4 heteroatoms. The van der Waals surface area contributed by atoms with Gasteiger partial charge in [0.1, 0.15) is 5.79 Å². The summed E-state index contributed by atoms with van der Waals surface area (Å²) in [6, 6.07) is 0. The minimum absolute atomic E-state index is 0. The van der Waals surface area contributed by atoms with Crippen molar-refractivity contribution in [3.63, 3.8) is 0 Å². The third kappa shape index (κ3) is 2.91. The monoisotopic (exact) mass is 461 g/mol. The van der Waals surface area contributed by atoms with Gasteiger partial charge in [0, 0.05) is 32.5 Å². The molecule has 0 aliphatic carbocycles. The van der Waals surface area contributed by atoms with Crippen LogP contribution in [-0.2, 0) is 9.47 Å². The number of nitrogens with zero attached hydrogens (tertiary/aromatic N) is 1. The van der Waals surface area contributed by atoms with Gasteiger partial charge in [0.2, 0.25) is 0 Å². The maximum atomic E-state index is 5.83. The fraction of sp³-hybridized carbons (Fsp3) is 0.818. The van der Waals surface area contributed by atoms with Crippen molar-refractivity contribution in [3.8, 4) is 0 Å². The number of ether oxygens (including phenoxy) is 2. The number of hydrogen-bond donors (Lipinski definition) is 0. The molecular weight excluding hydrogens is 440 g/mol. The number of piperidine rings is 1. The molecule has 0 atom stereocenters. The molecule has 0 amide bonds. The van der Waals surface area contributed by atoms with Crippen LogP contribution in [0.2, 0.25) is 0 Å². The second kappa shape index (κ2) is 5.10. The van der Waals surface area contributed by atoms with Crippen molar-refractivity contribution >= 4 is 0 Å². The van der Waals surface area contributed by atoms with E-state index in [9.17, 15) is 0 Å². The molecular formula is C11H21LrNO2-2. The molecule has 2 aliphatic rings. The van der Waals surface area contributed by atoms with Crippen molar-refractivity contribution in [3.05, 3.63) is 13.5 Å². The summed E-state index contributed by atoms with van der Waals surface area (Å²) in [6.07, 6.45) is 4.09. The molecule has 2 rings (SSSR count). The molecule has 2 aliphatic heterocycles. The number of likely N-dealkylation sites (tertiary alicyclic amines) is 1. The Morgan fingerprint density at radius 3 is 2.40 bits per heavy atom. The van der Waals surface area contributed by atoms with E-state index in [0.717, 1.165) is 45.1 Å². The molecule has 0 aromatic carbocycles. The van der Waals surface area contributed by atoms with E-state index in [0.29, 0.717) is 0 Å². The largest absolute Gasteiger partial charge is 0.524 e. The first-order valence-electron chi connectivity index (χ1n) is 5.04. The average Bonchev–Trinajstić information content (AvgIpc) is 2.11. The Morgan fingerprint density at radius 1 is 1.27 bits per heavy atom. The van der Waals surface area contributed by atoms with Gasteiger partial charge in [-0.25, -0.2) is 0 Å². The van der Waals surface area contributed by atoms with E-state index in [4.69, 9.17) is 9.47 Å². The number of hydrogen-bond acceptors (Lipinski definition) is 3. The summed E-state index contributed by atoms with van der Waals surface area (Å²) in [4.78, 5) is 2.32. The zero-order valence-corrected chi connectivity index (χ0v) is 11.9. The quantitative estimate of drug-likeness (QED) is 0.515. The van der Waals surface area contributed by atoms with Crippen molar-refractivity contribution in [2.24, 2.45) is 0 Å². The molecule has 1 spiro atoms. The van der Waals surface area contributed by atoms with Gasteiger partial charge in [0.05, 0.1) is 0 Å². The molecule has 15 heavy (non-hydrogen) atoms. The second-order valence-corrected chi connectivity index (χ2v) is 4.12. The van der Waals surface area contributed by atoms with Crippen LogP contribution in [-0.4, -0.2) is 37.4 Å². The first-order chi connectivity index (χ1) is 6.20. The summed E-state index contributed by atoms with van der Waals surface area (Å²) >= 11 is 0. The molecule has 0 bridgehead atoms. The van der Waals surface area contributed by atoms with E-state index in [-0.39, 0.29) is 13.2 Å². The topological polar surface area (TPSA) is 21.7 Å². The molecule has 2 saturated heterocycles. The molecule has 0 aromatic rings. The molecule has 0 unspecified atom stereocenters. The average molecular weight is 461 g/mol. The molecule has 2 fully saturated rings. The van der Waals surface area contributed by atoms with Gasteiger partial charge in [-0.15, -0.1) is 6.42 Å². The van der Waals surface area contributed by atoms with Gasteiger partial charge in [-0.3, -0.25) is 0 Å². The first kappa shape index (κ1) is 13.9. The molecule has 99 valence electrons. The Hall–Kier alpha value is -1.12. The third-order valence-corrected chi connectivity index (χ3v) is 2.93. The maximum Gasteiger partial charge on any atom is 0.141 e. The van der Waals surface area contributed by atoms with E-state index in [1.165, 1.54) is 0 Å². The molecule has 0 saturated carbocycles. The van der Waals surface area contributed by atoms with Crippen molar-refractivity contribution in [2.75, 3.05) is 26.7 Å². The zero-order chi connectivity index (χ0) is 9.31. The fourth-order valence-electron chi connectivity index (χ4n) is 1.98. The summed E-state index contributed by atoms with van der Waals surface area (Å²) in [5.74, 6) is -0.269. The van der Waals surface area contributed by atoms with Gasteiger partial charge in [-0.2, -0.15) is 13.0 Å². The Balaban J connectivity index is 0.000000980. The van der Waals surface area contributed by atoms with Crippen molar-refractivity contribution in [1.29, 1.82) is 0 Å². The fourth-order valence-corrected chi connectivity index (χ4v) is 1.98. The second-order valence-electron chi connectivity index (χ2n) is 4.12.